The molecule has 4 rings (SSSR count). The standard InChI is InChI=1S/C19H16N4OS2/c1-11-3-6-15(26-11)16-14-7-12(9-20)4-5-13(14)8-19(16,2)17(24)22-18-23-21-10-25-18/h3-7,10,16H,8H2,1-2H3,(H,22,23,24)/t16?,19-/m0/s1. The fraction of sp³-hybridized carbons (Fsp3) is 0.263. The summed E-state index contributed by atoms with van der Waals surface area (Å²) in [6.07, 6.45) is 0.625. The molecule has 2 aromatic heterocycles. The number of fused-ring (bicyclic) bond motifs is 1. The Bertz CT molecular complexity index is 1020. The minimum atomic E-state index is -0.653. The molecule has 1 aliphatic carbocycles. The topological polar surface area (TPSA) is 78.7 Å². The second-order valence-electron chi connectivity index (χ2n) is 6.70. The first-order valence-corrected chi connectivity index (χ1v) is 9.88. The number of aromatic nitrogens is 2. The molecule has 5 nitrogen and oxygen atoms in total. The Kier molecular flexibility index (Phi) is 4.10. The monoisotopic (exact) mass is 380 g/mol. The highest BCUT2D eigenvalue weighted by molar-refractivity contribution is 7.13. The Morgan fingerprint density at radius 3 is 2.88 bits per heavy atom. The molecule has 0 saturated carbocycles. The molecule has 1 aliphatic rings. The number of benzene rings is 1. The van der Waals surface area contributed by atoms with Gasteiger partial charge >= 0.3 is 0 Å². The fourth-order valence-corrected chi connectivity index (χ4v) is 5.28. The first kappa shape index (κ1) is 16.9. The van der Waals surface area contributed by atoms with Gasteiger partial charge in [-0.25, -0.2) is 0 Å². The van der Waals surface area contributed by atoms with E-state index < -0.39 is 5.41 Å². The zero-order valence-electron chi connectivity index (χ0n) is 14.3. The number of rotatable bonds is 3. The lowest BCUT2D eigenvalue weighted by Crippen LogP contribution is -2.37. The van der Waals surface area contributed by atoms with E-state index in [9.17, 15) is 10.1 Å². The van der Waals surface area contributed by atoms with E-state index in [-0.39, 0.29) is 11.8 Å². The molecule has 1 amide bonds. The van der Waals surface area contributed by atoms with Crippen LogP contribution < -0.4 is 5.32 Å². The minimum absolute atomic E-state index is 0.0694. The van der Waals surface area contributed by atoms with Crippen molar-refractivity contribution in [1.82, 2.24) is 10.2 Å². The molecular formula is C19H16N4OS2. The molecule has 2 heterocycles. The molecule has 2 atom stereocenters. The minimum Gasteiger partial charge on any atom is -0.300 e. The summed E-state index contributed by atoms with van der Waals surface area (Å²) in [7, 11) is 0. The Morgan fingerprint density at radius 1 is 1.38 bits per heavy atom. The zero-order valence-corrected chi connectivity index (χ0v) is 15.9. The van der Waals surface area contributed by atoms with Gasteiger partial charge < -0.3 is 5.32 Å². The van der Waals surface area contributed by atoms with E-state index in [2.05, 4.69) is 40.6 Å². The Morgan fingerprint density at radius 2 is 2.23 bits per heavy atom. The van der Waals surface area contributed by atoms with Gasteiger partial charge in [0.05, 0.1) is 17.0 Å². The lowest BCUT2D eigenvalue weighted by molar-refractivity contribution is -0.125. The first-order chi connectivity index (χ1) is 12.5. The predicted molar refractivity (Wildman–Crippen MR) is 102 cm³/mol. The van der Waals surface area contributed by atoms with Gasteiger partial charge in [0, 0.05) is 15.7 Å². The number of nitriles is 1. The summed E-state index contributed by atoms with van der Waals surface area (Å²) in [6.45, 7) is 4.06. The van der Waals surface area contributed by atoms with Crippen molar-refractivity contribution in [1.29, 1.82) is 5.26 Å². The van der Waals surface area contributed by atoms with Gasteiger partial charge in [0.2, 0.25) is 11.0 Å². The van der Waals surface area contributed by atoms with Gasteiger partial charge in [-0.05, 0) is 55.7 Å². The molecule has 1 N–H and O–H groups in total. The SMILES string of the molecule is Cc1ccc(C2c3cc(C#N)ccc3C[C@]2(C)C(=O)Nc2nncs2)s1. The molecule has 0 bridgehead atoms. The quantitative estimate of drug-likeness (QED) is 0.741. The van der Waals surface area contributed by atoms with Gasteiger partial charge in [0.1, 0.15) is 5.51 Å². The average molecular weight is 380 g/mol. The lowest BCUT2D eigenvalue weighted by Gasteiger charge is -2.29. The summed E-state index contributed by atoms with van der Waals surface area (Å²) in [5, 5.41) is 20.4. The van der Waals surface area contributed by atoms with Gasteiger partial charge in [0.15, 0.2) is 0 Å². The number of hydrogen-bond acceptors (Lipinski definition) is 6. The summed E-state index contributed by atoms with van der Waals surface area (Å²) in [6, 6.07) is 12.1. The number of anilines is 1. The Hall–Kier alpha value is -2.56. The van der Waals surface area contributed by atoms with Crippen LogP contribution in [0, 0.1) is 23.7 Å². The second kappa shape index (κ2) is 6.31. The van der Waals surface area contributed by atoms with Crippen LogP contribution in [-0.2, 0) is 11.2 Å². The second-order valence-corrected chi connectivity index (χ2v) is 8.85. The van der Waals surface area contributed by atoms with Gasteiger partial charge in [0.25, 0.3) is 0 Å². The van der Waals surface area contributed by atoms with Crippen molar-refractivity contribution in [3.63, 3.8) is 0 Å². The van der Waals surface area contributed by atoms with E-state index in [0.29, 0.717) is 17.1 Å². The number of aryl methyl sites for hydroxylation is 1. The van der Waals surface area contributed by atoms with Crippen molar-refractivity contribution in [2.45, 2.75) is 26.2 Å². The van der Waals surface area contributed by atoms with Crippen molar-refractivity contribution in [3.05, 3.63) is 62.3 Å². The Labute approximate surface area is 159 Å². The number of nitrogens with one attached hydrogen (secondary N) is 1. The molecule has 0 aliphatic heterocycles. The zero-order chi connectivity index (χ0) is 18.3. The number of carbonyl (C=O) groups is 1. The molecular weight excluding hydrogens is 364 g/mol. The normalized spacial score (nSPS) is 21.2. The van der Waals surface area contributed by atoms with Crippen molar-refractivity contribution >= 4 is 33.7 Å². The molecule has 26 heavy (non-hydrogen) atoms. The summed E-state index contributed by atoms with van der Waals surface area (Å²) in [5.41, 5.74) is 3.76. The van der Waals surface area contributed by atoms with Crippen molar-refractivity contribution in [2.24, 2.45) is 5.41 Å². The maximum Gasteiger partial charge on any atom is 0.233 e. The van der Waals surface area contributed by atoms with E-state index in [0.717, 1.165) is 16.0 Å². The molecule has 1 unspecified atom stereocenters. The summed E-state index contributed by atoms with van der Waals surface area (Å²) in [5.74, 6) is -0.155. The molecule has 130 valence electrons. The van der Waals surface area contributed by atoms with E-state index in [1.807, 2.05) is 25.1 Å². The van der Waals surface area contributed by atoms with Gasteiger partial charge in [-0.1, -0.05) is 17.4 Å². The highest BCUT2D eigenvalue weighted by Crippen LogP contribution is 2.52. The number of thiophene rings is 1. The van der Waals surface area contributed by atoms with Crippen LogP contribution >= 0.6 is 22.7 Å². The molecule has 0 radical (unpaired) electrons. The van der Waals surface area contributed by atoms with E-state index in [4.69, 9.17) is 0 Å². The summed E-state index contributed by atoms with van der Waals surface area (Å²) in [4.78, 5) is 15.6. The van der Waals surface area contributed by atoms with Gasteiger partial charge in [-0.15, -0.1) is 21.5 Å². The van der Waals surface area contributed by atoms with E-state index in [1.165, 1.54) is 16.2 Å². The molecule has 0 fully saturated rings. The summed E-state index contributed by atoms with van der Waals surface area (Å²) < 4.78 is 0. The number of nitrogens with zero attached hydrogens (tertiary/aromatic N) is 3. The molecule has 1 aromatic carbocycles. The van der Waals surface area contributed by atoms with Crippen molar-refractivity contribution in [2.75, 3.05) is 5.32 Å². The van der Waals surface area contributed by atoms with Crippen LogP contribution in [0.5, 0.6) is 0 Å². The maximum absolute atomic E-state index is 13.2. The third kappa shape index (κ3) is 2.71. The first-order valence-electron chi connectivity index (χ1n) is 8.18. The maximum atomic E-state index is 13.2. The number of carbonyl (C=O) groups excluding carboxylic acids is 1. The predicted octanol–water partition coefficient (Wildman–Crippen LogP) is 4.11. The molecule has 7 heteroatoms. The van der Waals surface area contributed by atoms with Gasteiger partial charge in [-0.2, -0.15) is 5.26 Å². The molecule has 0 saturated heterocycles. The third-order valence-corrected chi connectivity index (χ3v) is 6.60. The number of amides is 1. The Balaban J connectivity index is 1.80. The molecule has 0 spiro atoms. The van der Waals surface area contributed by atoms with Crippen LogP contribution in [0.25, 0.3) is 0 Å². The number of hydrogen-bond donors (Lipinski definition) is 1. The van der Waals surface area contributed by atoms with E-state index >= 15 is 0 Å². The molecule has 3 aromatic rings. The smallest absolute Gasteiger partial charge is 0.233 e. The van der Waals surface area contributed by atoms with Crippen LogP contribution in [0.15, 0.2) is 35.8 Å². The van der Waals surface area contributed by atoms with Crippen LogP contribution in [-0.4, -0.2) is 16.1 Å². The van der Waals surface area contributed by atoms with Gasteiger partial charge in [-0.3, -0.25) is 4.79 Å². The van der Waals surface area contributed by atoms with Crippen LogP contribution in [0.1, 0.15) is 39.3 Å². The lowest BCUT2D eigenvalue weighted by atomic mass is 9.76. The van der Waals surface area contributed by atoms with Crippen molar-refractivity contribution in [3.8, 4) is 6.07 Å². The van der Waals surface area contributed by atoms with Crippen molar-refractivity contribution < 1.29 is 4.79 Å². The summed E-state index contributed by atoms with van der Waals surface area (Å²) >= 11 is 3.01. The van der Waals surface area contributed by atoms with Crippen LogP contribution in [0.3, 0.4) is 0 Å². The van der Waals surface area contributed by atoms with Crippen LogP contribution in [0.4, 0.5) is 5.13 Å². The third-order valence-electron chi connectivity index (χ3n) is 4.93. The highest BCUT2D eigenvalue weighted by Gasteiger charge is 2.49. The van der Waals surface area contributed by atoms with Crippen LogP contribution in [0.2, 0.25) is 0 Å². The largest absolute Gasteiger partial charge is 0.300 e. The average Bonchev–Trinajstić information content (AvgIpc) is 3.33. The van der Waals surface area contributed by atoms with E-state index in [1.54, 1.807) is 16.8 Å². The highest BCUT2D eigenvalue weighted by atomic mass is 32.1. The fourth-order valence-electron chi connectivity index (χ4n) is 3.69.